The van der Waals surface area contributed by atoms with E-state index in [2.05, 4.69) is 20.7 Å². The van der Waals surface area contributed by atoms with Crippen molar-refractivity contribution >= 4 is 44.6 Å². The van der Waals surface area contributed by atoms with Crippen LogP contribution in [0, 0.1) is 10.1 Å². The SMILES string of the molecule is COC(=O)c1sc(Br)c([N+](=O)[O-])c1N. The molecule has 0 radical (unpaired) electrons. The molecule has 0 spiro atoms. The Bertz CT molecular complexity index is 403. The first-order valence-corrected chi connectivity index (χ1v) is 4.90. The summed E-state index contributed by atoms with van der Waals surface area (Å²) in [6, 6.07) is 0. The first-order valence-electron chi connectivity index (χ1n) is 3.29. The van der Waals surface area contributed by atoms with E-state index in [0.717, 1.165) is 11.3 Å². The highest BCUT2D eigenvalue weighted by atomic mass is 79.9. The molecular formula is C6H5BrN2O4S. The highest BCUT2D eigenvalue weighted by Gasteiger charge is 2.27. The lowest BCUT2D eigenvalue weighted by Crippen LogP contribution is -2.02. The molecular weight excluding hydrogens is 276 g/mol. The van der Waals surface area contributed by atoms with E-state index >= 15 is 0 Å². The fourth-order valence-electron chi connectivity index (χ4n) is 0.821. The van der Waals surface area contributed by atoms with Crippen molar-refractivity contribution in [3.8, 4) is 0 Å². The lowest BCUT2D eigenvalue weighted by atomic mass is 10.3. The normalized spacial score (nSPS) is 9.86. The Kier molecular flexibility index (Phi) is 3.06. The molecule has 0 unspecified atom stereocenters. The second-order valence-corrected chi connectivity index (χ2v) is 4.55. The summed E-state index contributed by atoms with van der Waals surface area (Å²) >= 11 is 3.83. The molecule has 0 aliphatic rings. The van der Waals surface area contributed by atoms with Gasteiger partial charge in [0.1, 0.15) is 10.6 Å². The fourth-order valence-corrected chi connectivity index (χ4v) is 2.50. The summed E-state index contributed by atoms with van der Waals surface area (Å²) in [6.07, 6.45) is 0. The summed E-state index contributed by atoms with van der Waals surface area (Å²) in [4.78, 5) is 21.0. The smallest absolute Gasteiger partial charge is 0.350 e. The van der Waals surface area contributed by atoms with Crippen LogP contribution in [0.4, 0.5) is 11.4 Å². The number of hydrogen-bond donors (Lipinski definition) is 1. The van der Waals surface area contributed by atoms with E-state index in [1.54, 1.807) is 0 Å². The second kappa shape index (κ2) is 3.93. The average Bonchev–Trinajstić information content (AvgIpc) is 2.40. The van der Waals surface area contributed by atoms with Crippen LogP contribution >= 0.6 is 27.3 Å². The molecule has 14 heavy (non-hydrogen) atoms. The van der Waals surface area contributed by atoms with Crippen molar-refractivity contribution < 1.29 is 14.5 Å². The molecule has 76 valence electrons. The first-order chi connectivity index (χ1) is 6.49. The molecule has 1 heterocycles. The number of esters is 1. The monoisotopic (exact) mass is 280 g/mol. The maximum Gasteiger partial charge on any atom is 0.350 e. The molecule has 0 saturated carbocycles. The molecule has 0 aliphatic heterocycles. The predicted molar refractivity (Wildman–Crippen MR) is 54.4 cm³/mol. The van der Waals surface area contributed by atoms with Crippen LogP contribution in [-0.4, -0.2) is 18.0 Å². The van der Waals surface area contributed by atoms with E-state index in [0.29, 0.717) is 0 Å². The summed E-state index contributed by atoms with van der Waals surface area (Å²) in [7, 11) is 1.18. The van der Waals surface area contributed by atoms with Crippen LogP contribution < -0.4 is 5.73 Å². The zero-order chi connectivity index (χ0) is 10.9. The molecule has 0 fully saturated rings. The molecule has 0 saturated heterocycles. The van der Waals surface area contributed by atoms with Crippen molar-refractivity contribution in [2.75, 3.05) is 12.8 Å². The topological polar surface area (TPSA) is 95.5 Å². The van der Waals surface area contributed by atoms with Crippen molar-refractivity contribution in [2.24, 2.45) is 0 Å². The predicted octanol–water partition coefficient (Wildman–Crippen LogP) is 1.79. The van der Waals surface area contributed by atoms with E-state index in [1.165, 1.54) is 7.11 Å². The zero-order valence-corrected chi connectivity index (χ0v) is 9.35. The lowest BCUT2D eigenvalue weighted by molar-refractivity contribution is -0.384. The molecule has 8 heteroatoms. The molecule has 1 rings (SSSR count). The molecule has 6 nitrogen and oxygen atoms in total. The summed E-state index contributed by atoms with van der Waals surface area (Å²) in [5.41, 5.74) is 4.96. The molecule has 0 aromatic carbocycles. The Morgan fingerprint density at radius 2 is 2.29 bits per heavy atom. The van der Waals surface area contributed by atoms with Gasteiger partial charge < -0.3 is 10.5 Å². The number of nitrogens with two attached hydrogens (primary N) is 1. The zero-order valence-electron chi connectivity index (χ0n) is 6.94. The number of rotatable bonds is 2. The summed E-state index contributed by atoms with van der Waals surface area (Å²) < 4.78 is 4.62. The van der Waals surface area contributed by atoms with Gasteiger partial charge >= 0.3 is 11.7 Å². The molecule has 0 bridgehead atoms. The number of nitrogens with zero attached hydrogens (tertiary/aromatic N) is 1. The van der Waals surface area contributed by atoms with Crippen LogP contribution in [-0.2, 0) is 4.74 Å². The summed E-state index contributed by atoms with van der Waals surface area (Å²) in [5, 5.41) is 10.5. The third kappa shape index (κ3) is 1.70. The molecule has 1 aromatic rings. The molecule has 2 N–H and O–H groups in total. The quantitative estimate of drug-likeness (QED) is 0.506. The van der Waals surface area contributed by atoms with Crippen LogP contribution in [0.3, 0.4) is 0 Å². The van der Waals surface area contributed by atoms with Crippen LogP contribution in [0.15, 0.2) is 3.79 Å². The largest absolute Gasteiger partial charge is 0.465 e. The highest BCUT2D eigenvalue weighted by molar-refractivity contribution is 9.11. The number of anilines is 1. The van der Waals surface area contributed by atoms with E-state index < -0.39 is 10.9 Å². The maximum atomic E-state index is 11.1. The van der Waals surface area contributed by atoms with Gasteiger partial charge in [-0.15, -0.1) is 11.3 Å². The van der Waals surface area contributed by atoms with E-state index in [-0.39, 0.29) is 20.0 Å². The molecule has 0 amide bonds. The number of methoxy groups -OCH3 is 1. The van der Waals surface area contributed by atoms with Crippen molar-refractivity contribution in [3.05, 3.63) is 18.8 Å². The molecule has 0 aliphatic carbocycles. The van der Waals surface area contributed by atoms with E-state index in [9.17, 15) is 14.9 Å². The Hall–Kier alpha value is -1.15. The lowest BCUT2D eigenvalue weighted by Gasteiger charge is -1.94. The third-order valence-electron chi connectivity index (χ3n) is 1.43. The van der Waals surface area contributed by atoms with Gasteiger partial charge in [-0.05, 0) is 15.9 Å². The number of carbonyl (C=O) groups is 1. The Morgan fingerprint density at radius 1 is 1.71 bits per heavy atom. The Balaban J connectivity index is 3.30. The maximum absolute atomic E-state index is 11.1. The number of thiophene rings is 1. The highest BCUT2D eigenvalue weighted by Crippen LogP contribution is 2.41. The van der Waals surface area contributed by atoms with Crippen LogP contribution in [0.25, 0.3) is 0 Å². The number of hydrogen-bond acceptors (Lipinski definition) is 6. The number of carbonyl (C=O) groups excluding carboxylic acids is 1. The van der Waals surface area contributed by atoms with Gasteiger partial charge in [0, 0.05) is 0 Å². The van der Waals surface area contributed by atoms with Crippen molar-refractivity contribution in [3.63, 3.8) is 0 Å². The minimum Gasteiger partial charge on any atom is -0.465 e. The fraction of sp³-hybridized carbons (Fsp3) is 0.167. The standard InChI is InChI=1S/C6H5BrN2O4S/c1-13-6(10)4-2(8)3(9(11)12)5(7)14-4/h8H2,1H3. The summed E-state index contributed by atoms with van der Waals surface area (Å²) in [6.45, 7) is 0. The van der Waals surface area contributed by atoms with Gasteiger partial charge in [-0.1, -0.05) is 0 Å². The van der Waals surface area contributed by atoms with Gasteiger partial charge in [-0.2, -0.15) is 0 Å². The van der Waals surface area contributed by atoms with Crippen molar-refractivity contribution in [1.29, 1.82) is 0 Å². The van der Waals surface area contributed by atoms with Crippen LogP contribution in [0.1, 0.15) is 9.67 Å². The van der Waals surface area contributed by atoms with Gasteiger partial charge in [0.15, 0.2) is 3.79 Å². The first kappa shape index (κ1) is 10.9. The van der Waals surface area contributed by atoms with E-state index in [1.807, 2.05) is 0 Å². The van der Waals surface area contributed by atoms with Gasteiger partial charge in [-0.25, -0.2) is 4.79 Å². The number of ether oxygens (including phenoxy) is 1. The average molecular weight is 281 g/mol. The summed E-state index contributed by atoms with van der Waals surface area (Å²) in [5.74, 6) is -0.679. The molecule has 0 atom stereocenters. The van der Waals surface area contributed by atoms with Gasteiger partial charge in [0.05, 0.1) is 12.0 Å². The minimum absolute atomic E-state index is 0.0334. The van der Waals surface area contributed by atoms with Gasteiger partial charge in [0.25, 0.3) is 0 Å². The van der Waals surface area contributed by atoms with Crippen molar-refractivity contribution in [1.82, 2.24) is 0 Å². The number of halogens is 1. The Morgan fingerprint density at radius 3 is 2.64 bits per heavy atom. The minimum atomic E-state index is -0.679. The van der Waals surface area contributed by atoms with E-state index in [4.69, 9.17) is 5.73 Å². The van der Waals surface area contributed by atoms with Gasteiger partial charge in [-0.3, -0.25) is 10.1 Å². The third-order valence-corrected chi connectivity index (χ3v) is 3.26. The Labute approximate surface area is 90.9 Å². The van der Waals surface area contributed by atoms with Crippen LogP contribution in [0.2, 0.25) is 0 Å². The molecule has 1 aromatic heterocycles. The number of nitro groups is 1. The van der Waals surface area contributed by atoms with Crippen LogP contribution in [0.5, 0.6) is 0 Å². The van der Waals surface area contributed by atoms with Gasteiger partial charge in [0.2, 0.25) is 0 Å². The second-order valence-electron chi connectivity index (χ2n) is 2.22. The number of nitrogen functional groups attached to an aromatic ring is 1. The van der Waals surface area contributed by atoms with Crippen molar-refractivity contribution in [2.45, 2.75) is 0 Å².